The lowest BCUT2D eigenvalue weighted by Crippen LogP contribution is -1.80. The average molecular weight is 211 g/mol. The first-order valence-electron chi connectivity index (χ1n) is 4.97. The highest BCUT2D eigenvalue weighted by molar-refractivity contribution is 5.78. The Balaban J connectivity index is 2.19. The van der Waals surface area contributed by atoms with Gasteiger partial charge in [-0.3, -0.25) is 0 Å². The maximum absolute atomic E-state index is 5.40. The number of hydrogen-bond acceptors (Lipinski definition) is 3. The van der Waals surface area contributed by atoms with E-state index in [9.17, 15) is 0 Å². The lowest BCUT2D eigenvalue weighted by atomic mass is 10.0. The van der Waals surface area contributed by atoms with Crippen LogP contribution in [0.2, 0.25) is 0 Å². The van der Waals surface area contributed by atoms with Gasteiger partial charge in [0.1, 0.15) is 5.76 Å². The van der Waals surface area contributed by atoms with Crippen molar-refractivity contribution in [2.45, 2.75) is 0 Å². The van der Waals surface area contributed by atoms with Crippen LogP contribution in [-0.4, -0.2) is 4.98 Å². The third-order valence-electron chi connectivity index (χ3n) is 2.41. The largest absolute Gasteiger partial charge is 0.464 e. The number of rotatable bonds is 2. The SMILES string of the molecule is c1coc(-c2ccccc2-c2cnco2)c1. The Hall–Kier alpha value is -2.29. The molecule has 3 aromatic rings. The molecule has 78 valence electrons. The Morgan fingerprint density at radius 2 is 1.62 bits per heavy atom. The molecule has 0 saturated carbocycles. The van der Waals surface area contributed by atoms with Crippen LogP contribution in [0, 0.1) is 0 Å². The number of hydrogen-bond donors (Lipinski definition) is 0. The molecule has 0 fully saturated rings. The smallest absolute Gasteiger partial charge is 0.181 e. The monoisotopic (exact) mass is 211 g/mol. The van der Waals surface area contributed by atoms with Gasteiger partial charge < -0.3 is 8.83 Å². The Kier molecular flexibility index (Phi) is 2.07. The molecular formula is C13H9NO2. The van der Waals surface area contributed by atoms with Crippen LogP contribution in [0.5, 0.6) is 0 Å². The molecule has 0 aliphatic rings. The lowest BCUT2D eigenvalue weighted by molar-refractivity contribution is 0.569. The first kappa shape index (κ1) is 8.97. The van der Waals surface area contributed by atoms with E-state index in [-0.39, 0.29) is 0 Å². The summed E-state index contributed by atoms with van der Waals surface area (Å²) < 4.78 is 10.7. The second-order valence-corrected chi connectivity index (χ2v) is 3.39. The van der Waals surface area contributed by atoms with Crippen molar-refractivity contribution in [3.8, 4) is 22.6 Å². The Labute approximate surface area is 92.4 Å². The van der Waals surface area contributed by atoms with Gasteiger partial charge >= 0.3 is 0 Å². The fraction of sp³-hybridized carbons (Fsp3) is 0. The standard InChI is InChI=1S/C13H9NO2/c1-2-5-11(13-8-14-9-16-13)10(4-1)12-6-3-7-15-12/h1-9H. The van der Waals surface area contributed by atoms with E-state index in [0.717, 1.165) is 22.6 Å². The van der Waals surface area contributed by atoms with Crippen molar-refractivity contribution in [1.29, 1.82) is 0 Å². The first-order chi connectivity index (χ1) is 7.95. The normalized spacial score (nSPS) is 10.5. The molecule has 3 nitrogen and oxygen atoms in total. The van der Waals surface area contributed by atoms with Crippen molar-refractivity contribution in [2.75, 3.05) is 0 Å². The van der Waals surface area contributed by atoms with Crippen LogP contribution in [-0.2, 0) is 0 Å². The van der Waals surface area contributed by atoms with Gasteiger partial charge in [0.15, 0.2) is 12.2 Å². The van der Waals surface area contributed by atoms with Crippen LogP contribution in [0.3, 0.4) is 0 Å². The van der Waals surface area contributed by atoms with Gasteiger partial charge in [0, 0.05) is 11.1 Å². The minimum Gasteiger partial charge on any atom is -0.464 e. The van der Waals surface area contributed by atoms with Gasteiger partial charge in [0.25, 0.3) is 0 Å². The molecule has 0 unspecified atom stereocenters. The van der Waals surface area contributed by atoms with Crippen molar-refractivity contribution in [2.24, 2.45) is 0 Å². The molecule has 3 heteroatoms. The van der Waals surface area contributed by atoms with Gasteiger partial charge in [-0.25, -0.2) is 4.98 Å². The van der Waals surface area contributed by atoms with Gasteiger partial charge in [-0.1, -0.05) is 24.3 Å². The zero-order chi connectivity index (χ0) is 10.8. The Morgan fingerprint density at radius 3 is 2.25 bits per heavy atom. The fourth-order valence-electron chi connectivity index (χ4n) is 1.69. The van der Waals surface area contributed by atoms with Crippen molar-refractivity contribution >= 4 is 0 Å². The average Bonchev–Trinajstić information content (AvgIpc) is 3.03. The number of furan rings is 1. The molecule has 16 heavy (non-hydrogen) atoms. The highest BCUT2D eigenvalue weighted by Gasteiger charge is 2.10. The number of oxazole rings is 1. The molecule has 0 spiro atoms. The summed E-state index contributed by atoms with van der Waals surface area (Å²) in [7, 11) is 0. The molecule has 0 saturated heterocycles. The highest BCUT2D eigenvalue weighted by atomic mass is 16.3. The van der Waals surface area contributed by atoms with Gasteiger partial charge in [-0.15, -0.1) is 0 Å². The minimum atomic E-state index is 0.743. The van der Waals surface area contributed by atoms with Crippen LogP contribution in [0.4, 0.5) is 0 Å². The van der Waals surface area contributed by atoms with Crippen molar-refractivity contribution in [3.63, 3.8) is 0 Å². The van der Waals surface area contributed by atoms with Crippen molar-refractivity contribution in [1.82, 2.24) is 4.98 Å². The topological polar surface area (TPSA) is 39.2 Å². The third kappa shape index (κ3) is 1.42. The zero-order valence-corrected chi connectivity index (χ0v) is 8.46. The second-order valence-electron chi connectivity index (χ2n) is 3.39. The van der Waals surface area contributed by atoms with E-state index in [1.807, 2.05) is 36.4 Å². The summed E-state index contributed by atoms with van der Waals surface area (Å²) in [6, 6.07) is 11.7. The number of aromatic nitrogens is 1. The quantitative estimate of drug-likeness (QED) is 0.650. The molecule has 1 aromatic carbocycles. The molecule has 0 aliphatic carbocycles. The van der Waals surface area contributed by atoms with Crippen LogP contribution >= 0.6 is 0 Å². The van der Waals surface area contributed by atoms with E-state index in [1.165, 1.54) is 6.39 Å². The first-order valence-corrected chi connectivity index (χ1v) is 4.97. The summed E-state index contributed by atoms with van der Waals surface area (Å²) in [4.78, 5) is 3.92. The minimum absolute atomic E-state index is 0.743. The highest BCUT2D eigenvalue weighted by Crippen LogP contribution is 2.31. The van der Waals surface area contributed by atoms with Gasteiger partial charge in [-0.2, -0.15) is 0 Å². The van der Waals surface area contributed by atoms with Crippen LogP contribution in [0.15, 0.2) is 64.1 Å². The Bertz CT molecular complexity index is 515. The van der Waals surface area contributed by atoms with E-state index in [2.05, 4.69) is 4.98 Å². The molecule has 0 aliphatic heterocycles. The third-order valence-corrected chi connectivity index (χ3v) is 2.41. The molecule has 0 atom stereocenters. The summed E-state index contributed by atoms with van der Waals surface area (Å²) >= 11 is 0. The summed E-state index contributed by atoms with van der Waals surface area (Å²) in [5.74, 6) is 1.57. The van der Waals surface area contributed by atoms with E-state index < -0.39 is 0 Å². The van der Waals surface area contributed by atoms with Crippen LogP contribution < -0.4 is 0 Å². The maximum atomic E-state index is 5.40. The van der Waals surface area contributed by atoms with E-state index in [4.69, 9.17) is 8.83 Å². The summed E-state index contributed by atoms with van der Waals surface area (Å²) in [5, 5.41) is 0. The van der Waals surface area contributed by atoms with E-state index in [1.54, 1.807) is 12.5 Å². The summed E-state index contributed by atoms with van der Waals surface area (Å²) in [6.07, 6.45) is 4.78. The number of nitrogens with zero attached hydrogens (tertiary/aromatic N) is 1. The van der Waals surface area contributed by atoms with Crippen LogP contribution in [0.1, 0.15) is 0 Å². The van der Waals surface area contributed by atoms with E-state index >= 15 is 0 Å². The van der Waals surface area contributed by atoms with E-state index in [0.29, 0.717) is 0 Å². The maximum Gasteiger partial charge on any atom is 0.181 e. The molecular weight excluding hydrogens is 202 g/mol. The molecule has 0 radical (unpaired) electrons. The molecule has 0 N–H and O–H groups in total. The summed E-state index contributed by atoms with van der Waals surface area (Å²) in [6.45, 7) is 0. The van der Waals surface area contributed by atoms with Crippen LogP contribution in [0.25, 0.3) is 22.6 Å². The van der Waals surface area contributed by atoms with Crippen molar-refractivity contribution < 1.29 is 8.83 Å². The predicted octanol–water partition coefficient (Wildman–Crippen LogP) is 3.60. The fourth-order valence-corrected chi connectivity index (χ4v) is 1.69. The zero-order valence-electron chi connectivity index (χ0n) is 8.46. The summed E-state index contributed by atoms with van der Waals surface area (Å²) in [5.41, 5.74) is 1.99. The Morgan fingerprint density at radius 1 is 0.812 bits per heavy atom. The molecule has 2 heterocycles. The van der Waals surface area contributed by atoms with Gasteiger partial charge in [0.05, 0.1) is 12.5 Å². The molecule has 0 bridgehead atoms. The molecule has 3 rings (SSSR count). The van der Waals surface area contributed by atoms with Gasteiger partial charge in [-0.05, 0) is 12.1 Å². The molecule has 0 amide bonds. The second kappa shape index (κ2) is 3.70. The predicted molar refractivity (Wildman–Crippen MR) is 59.6 cm³/mol. The number of benzene rings is 1. The van der Waals surface area contributed by atoms with Gasteiger partial charge in [0.2, 0.25) is 0 Å². The molecule has 2 aromatic heterocycles. The van der Waals surface area contributed by atoms with Crippen molar-refractivity contribution in [3.05, 3.63) is 55.3 Å². The lowest BCUT2D eigenvalue weighted by Gasteiger charge is -2.03.